The van der Waals surface area contributed by atoms with E-state index in [0.29, 0.717) is 11.7 Å². The molecule has 5 nitrogen and oxygen atoms in total. The Morgan fingerprint density at radius 3 is 3.00 bits per heavy atom. The van der Waals surface area contributed by atoms with Gasteiger partial charge in [-0.15, -0.1) is 22.0 Å². The predicted octanol–water partition coefficient (Wildman–Crippen LogP) is 2.95. The Morgan fingerprint density at radius 1 is 1.38 bits per heavy atom. The Kier molecular flexibility index (Phi) is 4.84. The maximum Gasteiger partial charge on any atom is 0.255 e. The average molecular weight is 321 g/mol. The van der Waals surface area contributed by atoms with Crippen molar-refractivity contribution in [2.24, 2.45) is 0 Å². The lowest BCUT2D eigenvalue weighted by molar-refractivity contribution is -0.124. The standard InChI is InChI=1S/C14H15N3O2S2/c18-13(11-7-4-8-19-11)15-14-17-16-12(21-14)9-20-10-5-2-1-3-6-10/h1-3,5-6,11H,4,7-9H2,(H,15,17,18). The molecule has 1 aromatic heterocycles. The van der Waals surface area contributed by atoms with Crippen molar-refractivity contribution in [3.05, 3.63) is 35.3 Å². The lowest BCUT2D eigenvalue weighted by Crippen LogP contribution is -2.26. The summed E-state index contributed by atoms with van der Waals surface area (Å²) in [6, 6.07) is 10.1. The third-order valence-electron chi connectivity index (χ3n) is 3.02. The van der Waals surface area contributed by atoms with E-state index in [1.165, 1.54) is 16.2 Å². The molecule has 0 aliphatic carbocycles. The first-order chi connectivity index (χ1) is 10.3. The lowest BCUT2D eigenvalue weighted by atomic mass is 10.2. The number of thioether (sulfide) groups is 1. The molecule has 2 heterocycles. The summed E-state index contributed by atoms with van der Waals surface area (Å²) in [5.41, 5.74) is 0. The van der Waals surface area contributed by atoms with E-state index in [0.717, 1.165) is 23.6 Å². The van der Waals surface area contributed by atoms with Crippen LogP contribution in [0.5, 0.6) is 0 Å². The van der Waals surface area contributed by atoms with Crippen molar-refractivity contribution in [3.63, 3.8) is 0 Å². The molecule has 1 aromatic carbocycles. The first kappa shape index (κ1) is 14.5. The van der Waals surface area contributed by atoms with Crippen molar-refractivity contribution in [1.29, 1.82) is 0 Å². The van der Waals surface area contributed by atoms with Gasteiger partial charge in [0.15, 0.2) is 0 Å². The van der Waals surface area contributed by atoms with E-state index >= 15 is 0 Å². The first-order valence-corrected chi connectivity index (χ1v) is 8.54. The highest BCUT2D eigenvalue weighted by Crippen LogP contribution is 2.26. The van der Waals surface area contributed by atoms with E-state index < -0.39 is 0 Å². The fourth-order valence-corrected chi connectivity index (χ4v) is 3.64. The van der Waals surface area contributed by atoms with Gasteiger partial charge in [-0.25, -0.2) is 0 Å². The molecule has 0 saturated carbocycles. The zero-order valence-corrected chi connectivity index (χ0v) is 13.0. The van der Waals surface area contributed by atoms with Crippen molar-refractivity contribution in [1.82, 2.24) is 10.2 Å². The number of amides is 1. The van der Waals surface area contributed by atoms with Gasteiger partial charge in [-0.3, -0.25) is 10.1 Å². The molecule has 1 N–H and O–H groups in total. The molecule has 0 bridgehead atoms. The minimum atomic E-state index is -0.337. The highest BCUT2D eigenvalue weighted by Gasteiger charge is 2.24. The molecule has 1 amide bonds. The van der Waals surface area contributed by atoms with Gasteiger partial charge < -0.3 is 4.74 Å². The van der Waals surface area contributed by atoms with Gasteiger partial charge in [0.2, 0.25) is 5.13 Å². The smallest absolute Gasteiger partial charge is 0.255 e. The molecular formula is C14H15N3O2S2. The quantitative estimate of drug-likeness (QED) is 0.858. The number of benzene rings is 1. The summed E-state index contributed by atoms with van der Waals surface area (Å²) in [5, 5.41) is 12.3. The monoisotopic (exact) mass is 321 g/mol. The highest BCUT2D eigenvalue weighted by molar-refractivity contribution is 7.98. The van der Waals surface area contributed by atoms with E-state index in [2.05, 4.69) is 27.6 Å². The minimum Gasteiger partial charge on any atom is -0.368 e. The Labute approximate surface area is 131 Å². The lowest BCUT2D eigenvalue weighted by Gasteiger charge is -2.06. The van der Waals surface area contributed by atoms with Gasteiger partial charge in [0.05, 0.1) is 5.75 Å². The van der Waals surface area contributed by atoms with E-state index in [4.69, 9.17) is 4.74 Å². The van der Waals surface area contributed by atoms with Crippen LogP contribution in [0.2, 0.25) is 0 Å². The van der Waals surface area contributed by atoms with Crippen LogP contribution in [0.1, 0.15) is 17.8 Å². The van der Waals surface area contributed by atoms with Crippen LogP contribution in [0.3, 0.4) is 0 Å². The second-order valence-electron chi connectivity index (χ2n) is 4.59. The molecular weight excluding hydrogens is 306 g/mol. The Balaban J connectivity index is 1.52. The van der Waals surface area contributed by atoms with Gasteiger partial charge in [0.25, 0.3) is 5.91 Å². The van der Waals surface area contributed by atoms with Gasteiger partial charge in [-0.1, -0.05) is 29.5 Å². The molecule has 0 spiro atoms. The second kappa shape index (κ2) is 7.02. The maximum absolute atomic E-state index is 11.9. The number of nitrogens with zero attached hydrogens (tertiary/aromatic N) is 2. The fraction of sp³-hybridized carbons (Fsp3) is 0.357. The van der Waals surface area contributed by atoms with Crippen LogP contribution in [0.15, 0.2) is 35.2 Å². The molecule has 7 heteroatoms. The van der Waals surface area contributed by atoms with E-state index in [9.17, 15) is 4.79 Å². The Morgan fingerprint density at radius 2 is 2.24 bits per heavy atom. The maximum atomic E-state index is 11.9. The summed E-state index contributed by atoms with van der Waals surface area (Å²) in [6.45, 7) is 0.660. The molecule has 1 fully saturated rings. The molecule has 1 aliphatic rings. The van der Waals surface area contributed by atoms with Crippen LogP contribution in [0, 0.1) is 0 Å². The molecule has 0 radical (unpaired) electrons. The molecule has 3 rings (SSSR count). The van der Waals surface area contributed by atoms with Crippen LogP contribution >= 0.6 is 23.1 Å². The third-order valence-corrected chi connectivity index (χ3v) is 5.07. The van der Waals surface area contributed by atoms with Gasteiger partial charge in [0, 0.05) is 11.5 Å². The van der Waals surface area contributed by atoms with Crippen LogP contribution in [-0.2, 0) is 15.3 Å². The predicted molar refractivity (Wildman–Crippen MR) is 83.5 cm³/mol. The zero-order chi connectivity index (χ0) is 14.5. The number of rotatable bonds is 5. The van der Waals surface area contributed by atoms with Crippen molar-refractivity contribution in [2.45, 2.75) is 29.6 Å². The van der Waals surface area contributed by atoms with Gasteiger partial charge >= 0.3 is 0 Å². The fourth-order valence-electron chi connectivity index (χ4n) is 1.99. The van der Waals surface area contributed by atoms with Crippen LogP contribution in [0.4, 0.5) is 5.13 Å². The Bertz CT molecular complexity index is 597. The molecule has 1 saturated heterocycles. The normalized spacial score (nSPS) is 17.8. The zero-order valence-electron chi connectivity index (χ0n) is 11.3. The van der Waals surface area contributed by atoms with Crippen molar-refractivity contribution in [3.8, 4) is 0 Å². The summed E-state index contributed by atoms with van der Waals surface area (Å²) in [7, 11) is 0. The van der Waals surface area contributed by atoms with Crippen LogP contribution in [-0.4, -0.2) is 28.8 Å². The number of hydrogen-bond acceptors (Lipinski definition) is 6. The average Bonchev–Trinajstić information content (AvgIpc) is 3.18. The minimum absolute atomic E-state index is 0.120. The third kappa shape index (κ3) is 4.03. The number of anilines is 1. The molecule has 1 aliphatic heterocycles. The number of carbonyl (C=O) groups is 1. The number of carbonyl (C=O) groups excluding carboxylic acids is 1. The topological polar surface area (TPSA) is 64.1 Å². The number of hydrogen-bond donors (Lipinski definition) is 1. The Hall–Kier alpha value is -1.44. The van der Waals surface area contributed by atoms with Gasteiger partial charge in [-0.05, 0) is 25.0 Å². The molecule has 1 unspecified atom stereocenters. The summed E-state index contributed by atoms with van der Waals surface area (Å²) in [5.74, 6) is 0.628. The van der Waals surface area contributed by atoms with Gasteiger partial charge in [0.1, 0.15) is 11.1 Å². The van der Waals surface area contributed by atoms with E-state index in [-0.39, 0.29) is 12.0 Å². The van der Waals surface area contributed by atoms with Crippen molar-refractivity contribution < 1.29 is 9.53 Å². The molecule has 21 heavy (non-hydrogen) atoms. The first-order valence-electron chi connectivity index (χ1n) is 6.74. The van der Waals surface area contributed by atoms with Crippen molar-refractivity contribution in [2.75, 3.05) is 11.9 Å². The second-order valence-corrected chi connectivity index (χ2v) is 6.70. The largest absolute Gasteiger partial charge is 0.368 e. The molecule has 1 atom stereocenters. The van der Waals surface area contributed by atoms with E-state index in [1.807, 2.05) is 18.2 Å². The van der Waals surface area contributed by atoms with E-state index in [1.54, 1.807) is 11.8 Å². The summed E-state index contributed by atoms with van der Waals surface area (Å²) >= 11 is 3.11. The number of ether oxygens (including phenoxy) is 1. The van der Waals surface area contributed by atoms with Gasteiger partial charge in [-0.2, -0.15) is 0 Å². The summed E-state index contributed by atoms with van der Waals surface area (Å²) in [4.78, 5) is 13.1. The number of aromatic nitrogens is 2. The SMILES string of the molecule is O=C(Nc1nnc(CSc2ccccc2)s1)C1CCCO1. The molecule has 2 aromatic rings. The van der Waals surface area contributed by atoms with Crippen LogP contribution < -0.4 is 5.32 Å². The van der Waals surface area contributed by atoms with Crippen LogP contribution in [0.25, 0.3) is 0 Å². The molecule has 110 valence electrons. The summed E-state index contributed by atoms with van der Waals surface area (Å²) in [6.07, 6.45) is 1.38. The number of nitrogens with one attached hydrogen (secondary N) is 1. The van der Waals surface area contributed by atoms with Crippen molar-refractivity contribution >= 4 is 34.1 Å². The highest BCUT2D eigenvalue weighted by atomic mass is 32.2. The summed E-state index contributed by atoms with van der Waals surface area (Å²) < 4.78 is 5.34.